The summed E-state index contributed by atoms with van der Waals surface area (Å²) >= 11 is 0. The fourth-order valence-corrected chi connectivity index (χ4v) is 4.55. The van der Waals surface area contributed by atoms with Gasteiger partial charge in [-0.05, 0) is 86.1 Å². The summed E-state index contributed by atoms with van der Waals surface area (Å²) in [5, 5.41) is 0. The molecule has 1 aliphatic carbocycles. The largest absolute Gasteiger partial charge is 0.495 e. The number of sulfonamides is 1. The maximum absolute atomic E-state index is 12.8. The second kappa shape index (κ2) is 8.31. The molecule has 0 aliphatic heterocycles. The van der Waals surface area contributed by atoms with Gasteiger partial charge in [-0.25, -0.2) is 13.1 Å². The van der Waals surface area contributed by atoms with Crippen LogP contribution in [-0.4, -0.2) is 28.7 Å². The van der Waals surface area contributed by atoms with Crippen LogP contribution in [0.15, 0.2) is 35.2 Å². The number of hydrogen-bond donors (Lipinski definition) is 1. The minimum atomic E-state index is -3.66. The fourth-order valence-electron chi connectivity index (χ4n) is 3.34. The van der Waals surface area contributed by atoms with Crippen LogP contribution in [0.25, 0.3) is 0 Å². The zero-order chi connectivity index (χ0) is 19.4. The van der Waals surface area contributed by atoms with Gasteiger partial charge < -0.3 is 9.47 Å². The van der Waals surface area contributed by atoms with Crippen LogP contribution in [0.5, 0.6) is 11.5 Å². The Morgan fingerprint density at radius 1 is 1.00 bits per heavy atom. The zero-order valence-corrected chi connectivity index (χ0v) is 17.0. The van der Waals surface area contributed by atoms with Crippen molar-refractivity contribution in [1.82, 2.24) is 4.72 Å². The molecule has 27 heavy (non-hydrogen) atoms. The van der Waals surface area contributed by atoms with E-state index in [9.17, 15) is 8.42 Å². The molecular formula is C21H27NO4S. The first-order chi connectivity index (χ1) is 12.9. The van der Waals surface area contributed by atoms with Crippen molar-refractivity contribution < 1.29 is 17.9 Å². The highest BCUT2D eigenvalue weighted by atomic mass is 32.2. The number of nitrogens with one attached hydrogen (secondary N) is 1. The molecule has 0 amide bonds. The van der Waals surface area contributed by atoms with Gasteiger partial charge in [0.05, 0.1) is 7.11 Å². The number of methoxy groups -OCH3 is 1. The Labute approximate surface area is 161 Å². The molecular weight excluding hydrogens is 362 g/mol. The van der Waals surface area contributed by atoms with E-state index < -0.39 is 10.0 Å². The van der Waals surface area contributed by atoms with Gasteiger partial charge in [0.25, 0.3) is 0 Å². The highest BCUT2D eigenvalue weighted by Crippen LogP contribution is 2.31. The predicted octanol–water partition coefficient (Wildman–Crippen LogP) is 3.55. The van der Waals surface area contributed by atoms with Gasteiger partial charge in [0.2, 0.25) is 10.0 Å². The Morgan fingerprint density at radius 3 is 2.37 bits per heavy atom. The fraction of sp³-hybridized carbons (Fsp3) is 0.429. The SMILES string of the molecule is COc1cc2c(cc1S(=O)(=O)NCCOc1ccc(C)c(C)c1)CCCC2. The third kappa shape index (κ3) is 4.62. The van der Waals surface area contributed by atoms with Crippen LogP contribution in [0.4, 0.5) is 0 Å². The van der Waals surface area contributed by atoms with E-state index >= 15 is 0 Å². The molecule has 6 heteroatoms. The van der Waals surface area contributed by atoms with E-state index in [0.29, 0.717) is 5.75 Å². The van der Waals surface area contributed by atoms with Gasteiger partial charge in [0, 0.05) is 6.54 Å². The predicted molar refractivity (Wildman–Crippen MR) is 106 cm³/mol. The van der Waals surface area contributed by atoms with Gasteiger partial charge in [0.15, 0.2) is 0 Å². The average Bonchev–Trinajstić information content (AvgIpc) is 2.67. The minimum Gasteiger partial charge on any atom is -0.495 e. The maximum Gasteiger partial charge on any atom is 0.244 e. The smallest absolute Gasteiger partial charge is 0.244 e. The third-order valence-corrected chi connectivity index (χ3v) is 6.54. The number of fused-ring (bicyclic) bond motifs is 1. The number of aryl methyl sites for hydroxylation is 4. The lowest BCUT2D eigenvalue weighted by atomic mass is 9.92. The van der Waals surface area contributed by atoms with Crippen molar-refractivity contribution in [1.29, 1.82) is 0 Å². The monoisotopic (exact) mass is 389 g/mol. The Morgan fingerprint density at radius 2 is 1.70 bits per heavy atom. The Kier molecular flexibility index (Phi) is 6.07. The van der Waals surface area contributed by atoms with Crippen LogP contribution in [0.3, 0.4) is 0 Å². The first-order valence-corrected chi connectivity index (χ1v) is 10.8. The van der Waals surface area contributed by atoms with Crippen molar-refractivity contribution in [3.63, 3.8) is 0 Å². The first kappa shape index (κ1) is 19.7. The highest BCUT2D eigenvalue weighted by Gasteiger charge is 2.23. The second-order valence-electron chi connectivity index (χ2n) is 6.97. The highest BCUT2D eigenvalue weighted by molar-refractivity contribution is 7.89. The van der Waals surface area contributed by atoms with Crippen LogP contribution in [0.2, 0.25) is 0 Å². The number of ether oxygens (including phenoxy) is 2. The van der Waals surface area contributed by atoms with Gasteiger partial charge >= 0.3 is 0 Å². The normalized spacial score (nSPS) is 13.9. The van der Waals surface area contributed by atoms with Gasteiger partial charge in [0.1, 0.15) is 23.0 Å². The van der Waals surface area contributed by atoms with E-state index in [1.54, 1.807) is 6.07 Å². The molecule has 1 N–H and O–H groups in total. The summed E-state index contributed by atoms with van der Waals surface area (Å²) in [6.45, 7) is 4.51. The Balaban J connectivity index is 1.66. The molecule has 2 aromatic carbocycles. The minimum absolute atomic E-state index is 0.190. The number of benzene rings is 2. The average molecular weight is 390 g/mol. The summed E-state index contributed by atoms with van der Waals surface area (Å²) in [6.07, 6.45) is 4.12. The molecule has 0 unspecified atom stereocenters. The molecule has 0 heterocycles. The van der Waals surface area contributed by atoms with Crippen molar-refractivity contribution in [2.45, 2.75) is 44.4 Å². The van der Waals surface area contributed by atoms with E-state index in [-0.39, 0.29) is 18.0 Å². The van der Waals surface area contributed by atoms with Crippen molar-refractivity contribution >= 4 is 10.0 Å². The van der Waals surface area contributed by atoms with Gasteiger partial charge in [-0.1, -0.05) is 6.07 Å². The molecule has 2 aromatic rings. The Bertz CT molecular complexity index is 922. The summed E-state index contributed by atoms with van der Waals surface area (Å²) in [7, 11) is -2.15. The lowest BCUT2D eigenvalue weighted by Gasteiger charge is -2.19. The molecule has 3 rings (SSSR count). The molecule has 0 saturated carbocycles. The molecule has 5 nitrogen and oxygen atoms in total. The second-order valence-corrected chi connectivity index (χ2v) is 8.71. The summed E-state index contributed by atoms with van der Waals surface area (Å²) in [5.74, 6) is 1.14. The van der Waals surface area contributed by atoms with E-state index in [1.807, 2.05) is 38.1 Å². The van der Waals surface area contributed by atoms with E-state index in [0.717, 1.165) is 42.6 Å². The van der Waals surface area contributed by atoms with Gasteiger partial charge in [-0.15, -0.1) is 0 Å². The molecule has 1 aliphatic rings. The van der Waals surface area contributed by atoms with Crippen LogP contribution in [0, 0.1) is 13.8 Å². The summed E-state index contributed by atoms with van der Waals surface area (Å²) in [4.78, 5) is 0.205. The quantitative estimate of drug-likeness (QED) is 0.736. The van der Waals surface area contributed by atoms with Crippen LogP contribution < -0.4 is 14.2 Å². The lowest BCUT2D eigenvalue weighted by molar-refractivity contribution is 0.322. The van der Waals surface area contributed by atoms with Crippen molar-refractivity contribution in [3.05, 3.63) is 52.6 Å². The Hall–Kier alpha value is -2.05. The number of rotatable bonds is 7. The lowest BCUT2D eigenvalue weighted by Crippen LogP contribution is -2.29. The maximum atomic E-state index is 12.8. The van der Waals surface area contributed by atoms with Gasteiger partial charge in [-0.2, -0.15) is 0 Å². The first-order valence-electron chi connectivity index (χ1n) is 9.30. The third-order valence-electron chi connectivity index (χ3n) is 5.06. The van der Waals surface area contributed by atoms with Crippen LogP contribution in [-0.2, 0) is 22.9 Å². The molecule has 0 saturated heterocycles. The van der Waals surface area contributed by atoms with Crippen molar-refractivity contribution in [3.8, 4) is 11.5 Å². The zero-order valence-electron chi connectivity index (χ0n) is 16.2. The topological polar surface area (TPSA) is 64.6 Å². The molecule has 0 aromatic heterocycles. The summed E-state index contributed by atoms with van der Waals surface area (Å²) in [6, 6.07) is 9.47. The molecule has 146 valence electrons. The van der Waals surface area contributed by atoms with Gasteiger partial charge in [-0.3, -0.25) is 0 Å². The molecule has 0 fully saturated rings. The van der Waals surface area contributed by atoms with Crippen molar-refractivity contribution in [2.75, 3.05) is 20.3 Å². The van der Waals surface area contributed by atoms with E-state index in [2.05, 4.69) is 4.72 Å². The van der Waals surface area contributed by atoms with E-state index in [4.69, 9.17) is 9.47 Å². The standard InChI is InChI=1S/C21H27NO4S/c1-15-8-9-19(12-16(15)2)26-11-10-22-27(23,24)21-14-18-7-5-4-6-17(18)13-20(21)25-3/h8-9,12-14,22H,4-7,10-11H2,1-3H3. The van der Waals surface area contributed by atoms with Crippen molar-refractivity contribution in [2.24, 2.45) is 0 Å². The summed E-state index contributed by atoms with van der Waals surface area (Å²) < 4.78 is 39.2. The molecule has 0 spiro atoms. The summed E-state index contributed by atoms with van der Waals surface area (Å²) in [5.41, 5.74) is 4.64. The van der Waals surface area contributed by atoms with Crippen LogP contribution in [0.1, 0.15) is 35.1 Å². The number of hydrogen-bond acceptors (Lipinski definition) is 4. The van der Waals surface area contributed by atoms with Crippen LogP contribution >= 0.6 is 0 Å². The molecule has 0 radical (unpaired) electrons. The molecule has 0 bridgehead atoms. The molecule has 0 atom stereocenters. The van der Waals surface area contributed by atoms with E-state index in [1.165, 1.54) is 18.2 Å².